The summed E-state index contributed by atoms with van der Waals surface area (Å²) in [7, 11) is -3.85. The third-order valence-corrected chi connectivity index (χ3v) is 18.7. The van der Waals surface area contributed by atoms with Gasteiger partial charge < -0.3 is 13.6 Å². The minimum absolute atomic E-state index is 0.0788. The van der Waals surface area contributed by atoms with Crippen molar-refractivity contribution < 1.29 is 18.4 Å². The van der Waals surface area contributed by atoms with Crippen molar-refractivity contribution in [3.05, 3.63) is 21.8 Å². The van der Waals surface area contributed by atoms with Crippen LogP contribution in [-0.2, 0) is 18.4 Å². The number of hydrogen-bond acceptors (Lipinski definition) is 4. The summed E-state index contributed by atoms with van der Waals surface area (Å²) in [6, 6.07) is 3.40. The van der Waals surface area contributed by atoms with E-state index >= 15 is 0 Å². The van der Waals surface area contributed by atoms with E-state index in [2.05, 4.69) is 103 Å². The molecule has 0 aromatic carbocycles. The van der Waals surface area contributed by atoms with Gasteiger partial charge in [-0.2, -0.15) is 0 Å². The number of rotatable bonds is 8. The van der Waals surface area contributed by atoms with Crippen LogP contribution in [0.3, 0.4) is 0 Å². The fraction of sp³-hybridized carbons (Fsp3) is 0.821. The average molecular weight is 637 g/mol. The highest BCUT2D eigenvalue weighted by atomic mass is 127. The first-order valence-corrected chi connectivity index (χ1v) is 20.3. The second-order valence-electron chi connectivity index (χ2n) is 12.3. The van der Waals surface area contributed by atoms with Crippen LogP contribution >= 0.6 is 22.6 Å². The number of halogens is 1. The van der Waals surface area contributed by atoms with E-state index in [1.54, 1.807) is 0 Å². The molecule has 0 saturated carbocycles. The molecular formula is C28H53IO4Si2. The Bertz CT molecular complexity index is 731. The van der Waals surface area contributed by atoms with Gasteiger partial charge in [-0.15, -0.1) is 0 Å². The molecule has 0 aliphatic carbocycles. The van der Waals surface area contributed by atoms with Gasteiger partial charge in [0.05, 0.1) is 18.1 Å². The molecule has 1 aliphatic heterocycles. The van der Waals surface area contributed by atoms with E-state index in [-0.39, 0.29) is 34.7 Å². The lowest BCUT2D eigenvalue weighted by atomic mass is 9.91. The summed E-state index contributed by atoms with van der Waals surface area (Å²) < 4.78 is 22.0. The minimum Gasteiger partial charge on any atom is -0.457 e. The smallest absolute Gasteiger partial charge is 0.308 e. The Hall–Kier alpha value is 0.0338. The molecule has 7 heteroatoms. The first-order chi connectivity index (χ1) is 16.1. The predicted octanol–water partition coefficient (Wildman–Crippen LogP) is 9.17. The van der Waals surface area contributed by atoms with Gasteiger partial charge in [0.25, 0.3) is 0 Å². The van der Waals surface area contributed by atoms with Gasteiger partial charge in [0.1, 0.15) is 6.10 Å². The summed E-state index contributed by atoms with van der Waals surface area (Å²) in [4.78, 5) is 13.2. The number of ether oxygens (including phenoxy) is 1. The molecule has 0 aromatic heterocycles. The second-order valence-corrected chi connectivity index (χ2v) is 22.4. The predicted molar refractivity (Wildman–Crippen MR) is 163 cm³/mol. The van der Waals surface area contributed by atoms with E-state index in [0.29, 0.717) is 6.42 Å². The van der Waals surface area contributed by atoms with Crippen LogP contribution in [0.1, 0.15) is 88.0 Å². The van der Waals surface area contributed by atoms with Crippen LogP contribution in [0.15, 0.2) is 21.8 Å². The molecule has 0 spiro atoms. The zero-order valence-electron chi connectivity index (χ0n) is 24.4. The molecule has 0 N–H and O–H groups in total. The van der Waals surface area contributed by atoms with Crippen LogP contribution in [0.2, 0.25) is 36.3 Å². The fourth-order valence-corrected chi connectivity index (χ4v) is 9.54. The van der Waals surface area contributed by atoms with Crippen LogP contribution in [-0.4, -0.2) is 40.4 Å². The highest BCUT2D eigenvalue weighted by Crippen LogP contribution is 2.40. The summed E-state index contributed by atoms with van der Waals surface area (Å²) in [6.45, 7) is 24.6. The Kier molecular flexibility index (Phi) is 13.0. The van der Waals surface area contributed by atoms with Crippen LogP contribution in [0.4, 0.5) is 0 Å². The number of hydrogen-bond donors (Lipinski definition) is 0. The summed E-state index contributed by atoms with van der Waals surface area (Å²) in [5.74, 6) is -0.0712. The monoisotopic (exact) mass is 636 g/mol. The van der Waals surface area contributed by atoms with Crippen molar-refractivity contribution in [3.8, 4) is 0 Å². The van der Waals surface area contributed by atoms with Gasteiger partial charge in [0, 0.05) is 5.92 Å². The lowest BCUT2D eigenvalue weighted by Gasteiger charge is -2.43. The Morgan fingerprint density at radius 3 is 2.29 bits per heavy atom. The molecule has 1 aliphatic rings. The number of carbonyl (C=O) groups excluding carboxylic acids is 1. The lowest BCUT2D eigenvalue weighted by molar-refractivity contribution is -0.151. The van der Waals surface area contributed by atoms with Crippen molar-refractivity contribution in [1.82, 2.24) is 0 Å². The second kappa shape index (κ2) is 13.7. The number of cyclic esters (lactones) is 1. The van der Waals surface area contributed by atoms with Crippen molar-refractivity contribution in [3.63, 3.8) is 0 Å². The van der Waals surface area contributed by atoms with Crippen LogP contribution in [0, 0.1) is 5.92 Å². The lowest BCUT2D eigenvalue weighted by Crippen LogP contribution is -2.47. The first kappa shape index (κ1) is 33.1. The van der Waals surface area contributed by atoms with Crippen LogP contribution in [0.5, 0.6) is 0 Å². The van der Waals surface area contributed by atoms with Gasteiger partial charge >= 0.3 is 5.97 Å². The summed E-state index contributed by atoms with van der Waals surface area (Å²) in [5.41, 5.74) is 0.815. The molecule has 0 aromatic rings. The van der Waals surface area contributed by atoms with Gasteiger partial charge in [-0.25, -0.2) is 0 Å². The zero-order valence-corrected chi connectivity index (χ0v) is 28.6. The van der Waals surface area contributed by atoms with E-state index in [4.69, 9.17) is 13.6 Å². The van der Waals surface area contributed by atoms with E-state index in [9.17, 15) is 4.79 Å². The largest absolute Gasteiger partial charge is 0.457 e. The average Bonchev–Trinajstić information content (AvgIpc) is 2.77. The molecule has 35 heavy (non-hydrogen) atoms. The third kappa shape index (κ3) is 9.69. The van der Waals surface area contributed by atoms with E-state index in [1.165, 1.54) is 0 Å². The zero-order chi connectivity index (χ0) is 27.1. The molecule has 0 bridgehead atoms. The maximum absolute atomic E-state index is 13.2. The SMILES string of the molecule is CC[Si](CC)(CC)OC1(C)C/C=C/[C@H](C)[C@@H](/C(C)=C/I)OC(=O)C[C@@H](O[Si](C)(C)C(C)(C)C)CC1. The normalized spacial score (nSPS) is 29.2. The van der Waals surface area contributed by atoms with Gasteiger partial charge in [0.2, 0.25) is 0 Å². The van der Waals surface area contributed by atoms with Crippen LogP contribution in [0.25, 0.3) is 0 Å². The van der Waals surface area contributed by atoms with Crippen molar-refractivity contribution >= 4 is 45.2 Å². The van der Waals surface area contributed by atoms with E-state index < -0.39 is 16.6 Å². The van der Waals surface area contributed by atoms with E-state index in [1.807, 2.05) is 11.0 Å². The number of carbonyl (C=O) groups is 1. The third-order valence-electron chi connectivity index (χ3n) is 8.40. The maximum atomic E-state index is 13.2. The molecule has 1 heterocycles. The van der Waals surface area contributed by atoms with Crippen molar-refractivity contribution in [1.29, 1.82) is 0 Å². The topological polar surface area (TPSA) is 44.8 Å². The summed E-state index contributed by atoms with van der Waals surface area (Å²) in [5, 5.41) is 0.0788. The molecule has 0 radical (unpaired) electrons. The van der Waals surface area contributed by atoms with Crippen molar-refractivity contribution in [2.24, 2.45) is 5.92 Å². The highest BCUT2D eigenvalue weighted by Gasteiger charge is 2.42. The molecule has 1 unspecified atom stereocenters. The van der Waals surface area contributed by atoms with Crippen molar-refractivity contribution in [2.45, 2.75) is 142 Å². The Labute approximate surface area is 232 Å². The molecule has 4 atom stereocenters. The highest BCUT2D eigenvalue weighted by molar-refractivity contribution is 14.1. The summed E-state index contributed by atoms with van der Waals surface area (Å²) >= 11 is 2.24. The molecule has 4 nitrogen and oxygen atoms in total. The van der Waals surface area contributed by atoms with Crippen LogP contribution < -0.4 is 0 Å². The minimum atomic E-state index is -2.05. The summed E-state index contributed by atoms with van der Waals surface area (Å²) in [6.07, 6.45) is 6.90. The van der Waals surface area contributed by atoms with E-state index in [0.717, 1.165) is 43.0 Å². The number of esters is 1. The van der Waals surface area contributed by atoms with Crippen molar-refractivity contribution in [2.75, 3.05) is 0 Å². The molecule has 204 valence electrons. The molecule has 0 fully saturated rings. The van der Waals surface area contributed by atoms with Gasteiger partial charge in [-0.3, -0.25) is 4.79 Å². The molecular weight excluding hydrogens is 583 g/mol. The molecule has 1 rings (SSSR count). The Morgan fingerprint density at radius 1 is 1.23 bits per heavy atom. The van der Waals surface area contributed by atoms with Gasteiger partial charge in [0.15, 0.2) is 16.6 Å². The standard InChI is InChI=1S/C28H53IO4Si2/c1-12-35(13-2,14-3)33-28(9)18-15-16-22(4)26(23(5)21-29)31-25(30)20-24(17-19-28)32-34(10,11)27(6,7)8/h15-16,21-22,24,26H,12-14,17-20H2,1-11H3/b16-15+,23-21+/t22-,24-,26-,28?/m0/s1. The Balaban J connectivity index is 3.42. The molecule has 0 amide bonds. The first-order valence-electron chi connectivity index (χ1n) is 13.6. The Morgan fingerprint density at radius 2 is 1.80 bits per heavy atom. The fourth-order valence-electron chi connectivity index (χ4n) is 4.63. The maximum Gasteiger partial charge on any atom is 0.308 e. The quantitative estimate of drug-likeness (QED) is 0.115. The van der Waals surface area contributed by atoms with Gasteiger partial charge in [-0.05, 0) is 79.0 Å². The van der Waals surface area contributed by atoms with Gasteiger partial charge in [-0.1, -0.05) is 83.2 Å². The molecule has 0 saturated heterocycles.